The topological polar surface area (TPSA) is 83.8 Å². The number of aromatic amines is 1. The number of para-hydroxylation sites is 1. The van der Waals surface area contributed by atoms with Crippen molar-refractivity contribution in [2.75, 3.05) is 11.9 Å². The summed E-state index contributed by atoms with van der Waals surface area (Å²) >= 11 is 0. The molecule has 1 heterocycles. The third kappa shape index (κ3) is 2.35. The van der Waals surface area contributed by atoms with Gasteiger partial charge in [-0.05, 0) is 12.5 Å². The molecule has 1 aromatic heterocycles. The zero-order chi connectivity index (χ0) is 12.3. The first-order valence-corrected chi connectivity index (χ1v) is 5.59. The number of rotatable bonds is 5. The van der Waals surface area contributed by atoms with Gasteiger partial charge in [0.2, 0.25) is 5.95 Å². The number of unbranched alkanes of at least 4 members (excludes halogenated alkanes) is 1. The summed E-state index contributed by atoms with van der Waals surface area (Å²) in [4.78, 5) is 17.6. The van der Waals surface area contributed by atoms with E-state index in [2.05, 4.69) is 22.2 Å². The maximum Gasteiger partial charge on any atom is 0.297 e. The molecule has 0 bridgehead atoms. The first-order chi connectivity index (χ1) is 8.22. The molecule has 1 aromatic carbocycles. The summed E-state index contributed by atoms with van der Waals surface area (Å²) in [6.07, 6.45) is 2.13. The summed E-state index contributed by atoms with van der Waals surface area (Å²) in [6, 6.07) is 4.88. The Kier molecular flexibility index (Phi) is 3.22. The highest BCUT2D eigenvalue weighted by Gasteiger charge is 2.14. The van der Waals surface area contributed by atoms with Gasteiger partial charge in [-0.25, -0.2) is 4.98 Å². The average molecular weight is 234 g/mol. The molecular weight excluding hydrogens is 220 g/mol. The lowest BCUT2D eigenvalue weighted by Gasteiger charge is -1.98. The summed E-state index contributed by atoms with van der Waals surface area (Å²) in [5, 5.41) is 13.9. The van der Waals surface area contributed by atoms with E-state index in [-0.39, 0.29) is 5.69 Å². The van der Waals surface area contributed by atoms with Crippen LogP contribution in [-0.4, -0.2) is 21.4 Å². The minimum Gasteiger partial charge on any atom is -0.356 e. The highest BCUT2D eigenvalue weighted by atomic mass is 16.6. The molecule has 0 aliphatic rings. The Morgan fingerprint density at radius 3 is 3.06 bits per heavy atom. The van der Waals surface area contributed by atoms with Crippen LogP contribution in [-0.2, 0) is 0 Å². The van der Waals surface area contributed by atoms with Crippen LogP contribution in [0.3, 0.4) is 0 Å². The van der Waals surface area contributed by atoms with Gasteiger partial charge in [0.1, 0.15) is 0 Å². The molecule has 0 atom stereocenters. The summed E-state index contributed by atoms with van der Waals surface area (Å²) in [7, 11) is 0. The predicted octanol–water partition coefficient (Wildman–Crippen LogP) is 2.68. The van der Waals surface area contributed by atoms with Gasteiger partial charge in [-0.3, -0.25) is 10.1 Å². The maximum absolute atomic E-state index is 10.8. The Morgan fingerprint density at radius 1 is 1.53 bits per heavy atom. The van der Waals surface area contributed by atoms with Crippen molar-refractivity contribution in [3.63, 3.8) is 0 Å². The number of H-pyrrole nitrogens is 1. The molecule has 2 aromatic rings. The number of fused-ring (bicyclic) bond motifs is 1. The normalized spacial score (nSPS) is 10.6. The standard InChI is InChI=1S/C11H14N4O2/c1-2-3-7-12-11-13-8-5-4-6-9(15(16)17)10(8)14-11/h4-6H,2-3,7H2,1H3,(H2,12,13,14). The lowest BCUT2D eigenvalue weighted by Crippen LogP contribution is -2.01. The summed E-state index contributed by atoms with van der Waals surface area (Å²) in [6.45, 7) is 2.91. The van der Waals surface area contributed by atoms with Gasteiger partial charge in [-0.15, -0.1) is 0 Å². The highest BCUT2D eigenvalue weighted by Crippen LogP contribution is 2.24. The number of aromatic nitrogens is 2. The van der Waals surface area contributed by atoms with Crippen LogP contribution in [0.2, 0.25) is 0 Å². The molecule has 6 nitrogen and oxygen atoms in total. The second kappa shape index (κ2) is 4.82. The Labute approximate surface area is 98.2 Å². The molecule has 0 radical (unpaired) electrons. The molecule has 0 fully saturated rings. The molecule has 0 aliphatic heterocycles. The predicted molar refractivity (Wildman–Crippen MR) is 66.1 cm³/mol. The Morgan fingerprint density at radius 2 is 2.35 bits per heavy atom. The van der Waals surface area contributed by atoms with Crippen molar-refractivity contribution < 1.29 is 4.92 Å². The number of nitrogens with one attached hydrogen (secondary N) is 2. The quantitative estimate of drug-likeness (QED) is 0.473. The van der Waals surface area contributed by atoms with Crippen molar-refractivity contribution >= 4 is 22.7 Å². The van der Waals surface area contributed by atoms with E-state index >= 15 is 0 Å². The number of non-ortho nitro benzene ring substituents is 1. The van der Waals surface area contributed by atoms with E-state index in [1.54, 1.807) is 12.1 Å². The highest BCUT2D eigenvalue weighted by molar-refractivity contribution is 5.86. The number of hydrogen-bond acceptors (Lipinski definition) is 4. The lowest BCUT2D eigenvalue weighted by atomic mass is 10.3. The van der Waals surface area contributed by atoms with Gasteiger partial charge in [0, 0.05) is 12.6 Å². The number of hydrogen-bond donors (Lipinski definition) is 2. The van der Waals surface area contributed by atoms with Gasteiger partial charge in [-0.1, -0.05) is 19.4 Å². The third-order valence-electron chi connectivity index (χ3n) is 2.51. The summed E-state index contributed by atoms with van der Waals surface area (Å²) in [5.74, 6) is 0.586. The van der Waals surface area contributed by atoms with Crippen molar-refractivity contribution in [3.8, 4) is 0 Å². The van der Waals surface area contributed by atoms with E-state index in [4.69, 9.17) is 0 Å². The molecule has 90 valence electrons. The van der Waals surface area contributed by atoms with Crippen LogP contribution in [0.1, 0.15) is 19.8 Å². The van der Waals surface area contributed by atoms with Crippen LogP contribution in [0, 0.1) is 10.1 Å². The van der Waals surface area contributed by atoms with Crippen LogP contribution in [0.4, 0.5) is 11.6 Å². The van der Waals surface area contributed by atoms with Crippen molar-refractivity contribution in [2.24, 2.45) is 0 Å². The second-order valence-corrected chi connectivity index (χ2v) is 3.80. The van der Waals surface area contributed by atoms with Gasteiger partial charge in [0.25, 0.3) is 5.69 Å². The minimum atomic E-state index is -0.418. The van der Waals surface area contributed by atoms with E-state index in [1.807, 2.05) is 0 Å². The molecule has 0 aliphatic carbocycles. The zero-order valence-electron chi connectivity index (χ0n) is 9.56. The fourth-order valence-corrected chi connectivity index (χ4v) is 1.63. The number of nitro benzene ring substituents is 1. The molecule has 2 N–H and O–H groups in total. The molecule has 0 saturated carbocycles. The van der Waals surface area contributed by atoms with Gasteiger partial charge >= 0.3 is 0 Å². The van der Waals surface area contributed by atoms with Crippen molar-refractivity contribution in [1.29, 1.82) is 0 Å². The van der Waals surface area contributed by atoms with Crippen LogP contribution in [0.5, 0.6) is 0 Å². The first kappa shape index (κ1) is 11.4. The zero-order valence-corrected chi connectivity index (χ0v) is 9.56. The maximum atomic E-state index is 10.8. The Balaban J connectivity index is 2.30. The van der Waals surface area contributed by atoms with Crippen molar-refractivity contribution in [3.05, 3.63) is 28.3 Å². The first-order valence-electron chi connectivity index (χ1n) is 5.59. The van der Waals surface area contributed by atoms with E-state index in [9.17, 15) is 10.1 Å². The number of nitrogens with zero attached hydrogens (tertiary/aromatic N) is 2. The fraction of sp³-hybridized carbons (Fsp3) is 0.364. The monoisotopic (exact) mass is 234 g/mol. The number of nitro groups is 1. The van der Waals surface area contributed by atoms with Crippen molar-refractivity contribution in [2.45, 2.75) is 19.8 Å². The number of imidazole rings is 1. The average Bonchev–Trinajstić information content (AvgIpc) is 2.71. The van der Waals surface area contributed by atoms with Gasteiger partial charge in [-0.2, -0.15) is 0 Å². The van der Waals surface area contributed by atoms with E-state index in [0.29, 0.717) is 17.0 Å². The summed E-state index contributed by atoms with van der Waals surface area (Å²) < 4.78 is 0. The smallest absolute Gasteiger partial charge is 0.297 e. The Bertz CT molecular complexity index is 535. The van der Waals surface area contributed by atoms with E-state index < -0.39 is 4.92 Å². The van der Waals surface area contributed by atoms with Crippen LogP contribution < -0.4 is 5.32 Å². The van der Waals surface area contributed by atoms with Gasteiger partial charge in [0.05, 0.1) is 10.4 Å². The SMILES string of the molecule is CCCCNc1nc2c([N+](=O)[O-])cccc2[nH]1. The molecule has 0 amide bonds. The molecule has 0 unspecified atom stereocenters. The molecule has 2 rings (SSSR count). The number of benzene rings is 1. The van der Waals surface area contributed by atoms with Crippen molar-refractivity contribution in [1.82, 2.24) is 9.97 Å². The van der Waals surface area contributed by atoms with Crippen LogP contribution in [0.25, 0.3) is 11.0 Å². The van der Waals surface area contributed by atoms with E-state index in [0.717, 1.165) is 19.4 Å². The van der Waals surface area contributed by atoms with E-state index in [1.165, 1.54) is 6.07 Å². The largest absolute Gasteiger partial charge is 0.356 e. The number of anilines is 1. The molecule has 17 heavy (non-hydrogen) atoms. The van der Waals surface area contributed by atoms with Crippen LogP contribution in [0.15, 0.2) is 18.2 Å². The second-order valence-electron chi connectivity index (χ2n) is 3.80. The Hall–Kier alpha value is -2.11. The molecule has 0 saturated heterocycles. The molecular formula is C11H14N4O2. The van der Waals surface area contributed by atoms with Crippen LogP contribution >= 0.6 is 0 Å². The summed E-state index contributed by atoms with van der Waals surface area (Å²) in [5.41, 5.74) is 1.11. The van der Waals surface area contributed by atoms with Gasteiger partial charge < -0.3 is 10.3 Å². The lowest BCUT2D eigenvalue weighted by molar-refractivity contribution is -0.383. The van der Waals surface area contributed by atoms with Gasteiger partial charge in [0.15, 0.2) is 5.52 Å². The molecule has 0 spiro atoms. The third-order valence-corrected chi connectivity index (χ3v) is 2.51. The minimum absolute atomic E-state index is 0.0299. The fourth-order valence-electron chi connectivity index (χ4n) is 1.63. The molecule has 6 heteroatoms.